The highest BCUT2D eigenvalue weighted by Crippen LogP contribution is 2.19. The summed E-state index contributed by atoms with van der Waals surface area (Å²) in [6.07, 6.45) is 2.01. The molecule has 3 aromatic rings. The van der Waals surface area contributed by atoms with Crippen molar-refractivity contribution in [3.8, 4) is 17.5 Å². The molecule has 0 fully saturated rings. The first-order valence-corrected chi connectivity index (χ1v) is 10.8. The molecule has 0 aliphatic heterocycles. The zero-order valence-corrected chi connectivity index (χ0v) is 18.7. The highest BCUT2D eigenvalue weighted by molar-refractivity contribution is 5.98. The van der Waals surface area contributed by atoms with Gasteiger partial charge >= 0.3 is 5.97 Å². The van der Waals surface area contributed by atoms with Crippen molar-refractivity contribution in [3.05, 3.63) is 71.9 Å². The number of para-hydroxylation sites is 1. The number of carbonyl (C=O) groups excluding carboxylic acids is 3. The van der Waals surface area contributed by atoms with Crippen molar-refractivity contribution < 1.29 is 23.9 Å². The molecule has 3 rings (SSSR count). The van der Waals surface area contributed by atoms with Crippen LogP contribution in [0.4, 0.5) is 5.82 Å². The molecule has 9 nitrogen and oxygen atoms in total. The molecule has 1 N–H and O–H groups in total. The van der Waals surface area contributed by atoms with Crippen LogP contribution in [0.5, 0.6) is 5.75 Å². The van der Waals surface area contributed by atoms with Crippen LogP contribution in [0.15, 0.2) is 60.8 Å². The summed E-state index contributed by atoms with van der Waals surface area (Å²) in [5, 5.41) is 16.0. The van der Waals surface area contributed by atoms with E-state index in [1.54, 1.807) is 48.5 Å². The molecule has 0 saturated carbocycles. The van der Waals surface area contributed by atoms with Crippen LogP contribution in [-0.2, 0) is 14.3 Å². The Hall–Kier alpha value is -4.45. The first-order chi connectivity index (χ1) is 16.5. The fraction of sp³-hybridized carbons (Fsp3) is 0.240. The number of benzene rings is 2. The number of aromatic nitrogens is 2. The van der Waals surface area contributed by atoms with E-state index in [2.05, 4.69) is 10.4 Å². The second-order valence-electron chi connectivity index (χ2n) is 7.27. The van der Waals surface area contributed by atoms with E-state index in [1.165, 1.54) is 10.9 Å². The molecule has 0 saturated heterocycles. The third kappa shape index (κ3) is 6.53. The van der Waals surface area contributed by atoms with Crippen molar-refractivity contribution in [1.82, 2.24) is 9.78 Å². The topological polar surface area (TPSA) is 123 Å². The number of amides is 1. The molecule has 1 aromatic heterocycles. The Kier molecular flexibility index (Phi) is 8.52. The second-order valence-corrected chi connectivity index (χ2v) is 7.27. The van der Waals surface area contributed by atoms with Crippen molar-refractivity contribution in [2.45, 2.75) is 26.2 Å². The van der Waals surface area contributed by atoms with Gasteiger partial charge in [-0.2, -0.15) is 10.4 Å². The predicted octanol–water partition coefficient (Wildman–Crippen LogP) is 3.68. The monoisotopic (exact) mass is 460 g/mol. The number of hydrogen-bond acceptors (Lipinski definition) is 7. The summed E-state index contributed by atoms with van der Waals surface area (Å²) in [7, 11) is 0. The van der Waals surface area contributed by atoms with Gasteiger partial charge in [-0.05, 0) is 42.8 Å². The van der Waals surface area contributed by atoms with Crippen LogP contribution >= 0.6 is 0 Å². The molecule has 1 heterocycles. The van der Waals surface area contributed by atoms with Crippen molar-refractivity contribution >= 4 is 23.5 Å². The van der Waals surface area contributed by atoms with Gasteiger partial charge in [0.05, 0.1) is 24.9 Å². The summed E-state index contributed by atoms with van der Waals surface area (Å²) in [6, 6.07) is 17.6. The Balaban J connectivity index is 1.48. The van der Waals surface area contributed by atoms with E-state index in [4.69, 9.17) is 9.47 Å². The fourth-order valence-electron chi connectivity index (χ4n) is 3.02. The average Bonchev–Trinajstić information content (AvgIpc) is 3.27. The number of nitrogens with one attached hydrogen (secondary N) is 1. The summed E-state index contributed by atoms with van der Waals surface area (Å²) in [6.45, 7) is 2.05. The van der Waals surface area contributed by atoms with E-state index in [0.29, 0.717) is 23.6 Å². The predicted molar refractivity (Wildman–Crippen MR) is 124 cm³/mol. The van der Waals surface area contributed by atoms with E-state index < -0.39 is 18.5 Å². The third-order valence-corrected chi connectivity index (χ3v) is 4.72. The zero-order valence-electron chi connectivity index (χ0n) is 18.7. The lowest BCUT2D eigenvalue weighted by Gasteiger charge is -2.10. The Morgan fingerprint density at radius 2 is 1.79 bits per heavy atom. The number of hydrogen-bond donors (Lipinski definition) is 1. The van der Waals surface area contributed by atoms with Gasteiger partial charge in [0.25, 0.3) is 5.91 Å². The molecule has 0 bridgehead atoms. The van der Waals surface area contributed by atoms with Gasteiger partial charge < -0.3 is 14.8 Å². The van der Waals surface area contributed by atoms with Crippen molar-refractivity contribution in [2.24, 2.45) is 0 Å². The molecule has 9 heteroatoms. The van der Waals surface area contributed by atoms with Crippen LogP contribution in [0.1, 0.15) is 42.1 Å². The maximum Gasteiger partial charge on any atom is 0.306 e. The molecule has 34 heavy (non-hydrogen) atoms. The highest BCUT2D eigenvalue weighted by Gasteiger charge is 2.17. The summed E-state index contributed by atoms with van der Waals surface area (Å²) in [5.41, 5.74) is 1.28. The molecule has 0 aliphatic carbocycles. The summed E-state index contributed by atoms with van der Waals surface area (Å²) in [5.74, 6) is -0.665. The normalized spacial score (nSPS) is 10.2. The van der Waals surface area contributed by atoms with Gasteiger partial charge in [0, 0.05) is 12.0 Å². The SMILES string of the molecule is CCCOc1ccc(C(=O)CCC(=O)OCC(=O)Nc2c(C#N)cnn2-c2ccccc2)cc1. The third-order valence-electron chi connectivity index (χ3n) is 4.72. The molecule has 0 atom stereocenters. The average molecular weight is 460 g/mol. The Labute approximate surface area is 196 Å². The smallest absolute Gasteiger partial charge is 0.306 e. The maximum absolute atomic E-state index is 12.3. The van der Waals surface area contributed by atoms with E-state index in [-0.39, 0.29) is 30.0 Å². The number of rotatable bonds is 11. The number of ketones is 1. The first-order valence-electron chi connectivity index (χ1n) is 10.8. The Bertz CT molecular complexity index is 1180. The number of nitrogens with zero attached hydrogens (tertiary/aromatic N) is 3. The lowest BCUT2D eigenvalue weighted by Crippen LogP contribution is -2.23. The standard InChI is InChI=1S/C25H24N4O5/c1-2-14-33-21-10-8-18(9-11-21)22(30)12-13-24(32)34-17-23(31)28-25-19(15-26)16-27-29(25)20-6-4-3-5-7-20/h3-11,16H,2,12-14,17H2,1H3,(H,28,31). The number of carbonyl (C=O) groups is 3. The number of ether oxygens (including phenoxy) is 2. The van der Waals surface area contributed by atoms with Gasteiger partial charge in [-0.25, -0.2) is 4.68 Å². The minimum atomic E-state index is -0.677. The molecule has 0 aliphatic rings. The van der Waals surface area contributed by atoms with E-state index in [1.807, 2.05) is 19.1 Å². The lowest BCUT2D eigenvalue weighted by atomic mass is 10.1. The molecule has 2 aromatic carbocycles. The van der Waals surface area contributed by atoms with E-state index >= 15 is 0 Å². The molecule has 0 radical (unpaired) electrons. The minimum Gasteiger partial charge on any atom is -0.494 e. The molecule has 0 spiro atoms. The Morgan fingerprint density at radius 3 is 2.47 bits per heavy atom. The fourth-order valence-corrected chi connectivity index (χ4v) is 3.02. The van der Waals surface area contributed by atoms with E-state index in [9.17, 15) is 19.6 Å². The zero-order chi connectivity index (χ0) is 24.3. The molecule has 1 amide bonds. The maximum atomic E-state index is 12.3. The van der Waals surface area contributed by atoms with Gasteiger partial charge in [-0.3, -0.25) is 14.4 Å². The molecule has 174 valence electrons. The van der Waals surface area contributed by atoms with Gasteiger partial charge in [-0.1, -0.05) is 25.1 Å². The van der Waals surface area contributed by atoms with Gasteiger partial charge in [0.2, 0.25) is 0 Å². The molecule has 0 unspecified atom stereocenters. The first kappa shape index (κ1) is 24.2. The number of esters is 1. The lowest BCUT2D eigenvalue weighted by molar-refractivity contribution is -0.147. The van der Waals surface area contributed by atoms with Gasteiger partial charge in [0.15, 0.2) is 18.2 Å². The Morgan fingerprint density at radius 1 is 1.06 bits per heavy atom. The second kappa shape index (κ2) is 12.0. The van der Waals surface area contributed by atoms with E-state index in [0.717, 1.165) is 6.42 Å². The van der Waals surface area contributed by atoms with Crippen molar-refractivity contribution in [1.29, 1.82) is 5.26 Å². The van der Waals surface area contributed by atoms with Crippen LogP contribution < -0.4 is 10.1 Å². The van der Waals surface area contributed by atoms with Crippen LogP contribution in [0.3, 0.4) is 0 Å². The van der Waals surface area contributed by atoms with Crippen LogP contribution in [-0.4, -0.2) is 40.7 Å². The number of anilines is 1. The number of nitriles is 1. The molecular weight excluding hydrogens is 436 g/mol. The summed E-state index contributed by atoms with van der Waals surface area (Å²) in [4.78, 5) is 36.6. The van der Waals surface area contributed by atoms with Gasteiger partial charge in [-0.15, -0.1) is 0 Å². The quantitative estimate of drug-likeness (QED) is 0.342. The summed E-state index contributed by atoms with van der Waals surface area (Å²) < 4.78 is 11.9. The minimum absolute atomic E-state index is 0.0467. The summed E-state index contributed by atoms with van der Waals surface area (Å²) >= 11 is 0. The largest absolute Gasteiger partial charge is 0.494 e. The van der Waals surface area contributed by atoms with Crippen molar-refractivity contribution in [2.75, 3.05) is 18.5 Å². The van der Waals surface area contributed by atoms with Crippen molar-refractivity contribution in [3.63, 3.8) is 0 Å². The van der Waals surface area contributed by atoms with Crippen LogP contribution in [0.25, 0.3) is 5.69 Å². The van der Waals surface area contributed by atoms with Gasteiger partial charge in [0.1, 0.15) is 17.4 Å². The number of Topliss-reactive ketones (excluding diaryl/α,β-unsaturated/α-hetero) is 1. The van der Waals surface area contributed by atoms with Crippen LogP contribution in [0, 0.1) is 11.3 Å². The van der Waals surface area contributed by atoms with Crippen LogP contribution in [0.2, 0.25) is 0 Å². The molecular formula is C25H24N4O5. The highest BCUT2D eigenvalue weighted by atomic mass is 16.5.